The summed E-state index contributed by atoms with van der Waals surface area (Å²) in [6.07, 6.45) is 1.20. The van der Waals surface area contributed by atoms with E-state index in [-0.39, 0.29) is 23.8 Å². The van der Waals surface area contributed by atoms with E-state index in [1.165, 1.54) is 18.2 Å². The van der Waals surface area contributed by atoms with E-state index in [1.807, 2.05) is 7.05 Å². The van der Waals surface area contributed by atoms with Crippen molar-refractivity contribution in [2.75, 3.05) is 14.2 Å². The van der Waals surface area contributed by atoms with Crippen molar-refractivity contribution in [1.29, 1.82) is 0 Å². The van der Waals surface area contributed by atoms with Gasteiger partial charge in [-0.1, -0.05) is 29.8 Å². The number of aliphatic hydroxyl groups is 1. The smallest absolute Gasteiger partial charge is 0.310 e. The predicted octanol–water partition coefficient (Wildman–Crippen LogP) is 1.71. The van der Waals surface area contributed by atoms with Gasteiger partial charge in [-0.15, -0.1) is 0 Å². The van der Waals surface area contributed by atoms with E-state index in [1.54, 1.807) is 0 Å². The zero-order chi connectivity index (χ0) is 15.1. The third kappa shape index (κ3) is 2.36. The summed E-state index contributed by atoms with van der Waals surface area (Å²) >= 11 is 0. The fraction of sp³-hybridized carbons (Fsp3) is 0.588. The quantitative estimate of drug-likeness (QED) is 0.842. The number of carbonyl (C=O) groups excluding carboxylic acids is 1. The molecule has 2 bridgehead atoms. The van der Waals surface area contributed by atoms with Crippen LogP contribution in [-0.2, 0) is 9.53 Å². The largest absolute Gasteiger partial charge is 0.469 e. The molecule has 1 N–H and O–H groups in total. The van der Waals surface area contributed by atoms with Crippen LogP contribution in [0.25, 0.3) is 0 Å². The van der Waals surface area contributed by atoms with Gasteiger partial charge < -0.3 is 9.84 Å². The minimum absolute atomic E-state index is 0.126. The lowest BCUT2D eigenvalue weighted by molar-refractivity contribution is -0.151. The number of ether oxygens (including phenoxy) is 1. The predicted molar refractivity (Wildman–Crippen MR) is 80.0 cm³/mol. The molecule has 0 radical (unpaired) electrons. The molecule has 2 fully saturated rings. The third-order valence-corrected chi connectivity index (χ3v) is 5.26. The first-order valence-electron chi connectivity index (χ1n) is 7.57. The average molecular weight is 289 g/mol. The van der Waals surface area contributed by atoms with Crippen LogP contribution in [0.1, 0.15) is 29.9 Å². The van der Waals surface area contributed by atoms with E-state index < -0.39 is 6.10 Å². The van der Waals surface area contributed by atoms with Crippen LogP contribution in [0.4, 0.5) is 0 Å². The number of methoxy groups -OCH3 is 1. The normalized spacial score (nSPS) is 35.7. The van der Waals surface area contributed by atoms with Crippen molar-refractivity contribution in [2.45, 2.75) is 43.9 Å². The highest BCUT2D eigenvalue weighted by Crippen LogP contribution is 2.46. The number of carbonyl (C=O) groups is 1. The van der Waals surface area contributed by atoms with Gasteiger partial charge in [-0.3, -0.25) is 9.69 Å². The van der Waals surface area contributed by atoms with E-state index in [0.717, 1.165) is 12.8 Å². The van der Waals surface area contributed by atoms with E-state index in [4.69, 9.17) is 4.74 Å². The summed E-state index contributed by atoms with van der Waals surface area (Å²) in [7, 11) is 3.44. The molecule has 2 aliphatic rings. The number of nitrogens with zero attached hydrogens (tertiary/aromatic N) is 1. The SMILES string of the molecule is COC(=O)[C@H]1C2[C@H](O)C[C@H](C[C@H]1c1ccc(C)cc1)N2C. The summed E-state index contributed by atoms with van der Waals surface area (Å²) in [4.78, 5) is 14.5. The summed E-state index contributed by atoms with van der Waals surface area (Å²) < 4.78 is 5.04. The Morgan fingerprint density at radius 2 is 1.95 bits per heavy atom. The highest BCUT2D eigenvalue weighted by atomic mass is 16.5. The van der Waals surface area contributed by atoms with Crippen molar-refractivity contribution in [3.63, 3.8) is 0 Å². The van der Waals surface area contributed by atoms with Crippen molar-refractivity contribution in [3.8, 4) is 0 Å². The molecule has 2 saturated heterocycles. The minimum Gasteiger partial charge on any atom is -0.469 e. The Bertz CT molecular complexity index is 527. The van der Waals surface area contributed by atoms with Crippen molar-refractivity contribution in [2.24, 2.45) is 5.92 Å². The molecule has 2 heterocycles. The molecule has 2 aliphatic heterocycles. The van der Waals surface area contributed by atoms with Crippen molar-refractivity contribution in [1.82, 2.24) is 4.90 Å². The lowest BCUT2D eigenvalue weighted by atomic mass is 9.76. The molecule has 0 saturated carbocycles. The second-order valence-electron chi connectivity index (χ2n) is 6.41. The number of rotatable bonds is 2. The monoisotopic (exact) mass is 289 g/mol. The van der Waals surface area contributed by atoms with Gasteiger partial charge >= 0.3 is 5.97 Å². The number of hydrogen-bond donors (Lipinski definition) is 1. The maximum Gasteiger partial charge on any atom is 0.310 e. The van der Waals surface area contributed by atoms with Gasteiger partial charge in [0.25, 0.3) is 0 Å². The molecule has 0 aliphatic carbocycles. The first-order chi connectivity index (χ1) is 10.0. The number of fused-ring (bicyclic) bond motifs is 2. The molecular weight excluding hydrogens is 266 g/mol. The fourth-order valence-electron chi connectivity index (χ4n) is 4.13. The molecule has 1 aromatic rings. The molecule has 4 heteroatoms. The van der Waals surface area contributed by atoms with Gasteiger partial charge in [-0.05, 0) is 32.4 Å². The highest BCUT2D eigenvalue weighted by molar-refractivity contribution is 5.75. The lowest BCUT2D eigenvalue weighted by Crippen LogP contribution is -2.51. The summed E-state index contributed by atoms with van der Waals surface area (Å²) in [5.74, 6) is -0.380. The van der Waals surface area contributed by atoms with Crippen LogP contribution in [-0.4, -0.2) is 48.3 Å². The zero-order valence-corrected chi connectivity index (χ0v) is 12.8. The first kappa shape index (κ1) is 14.5. The molecular formula is C17H23NO3. The van der Waals surface area contributed by atoms with Gasteiger partial charge in [-0.2, -0.15) is 0 Å². The Balaban J connectivity index is 1.98. The number of benzene rings is 1. The minimum atomic E-state index is -0.445. The van der Waals surface area contributed by atoms with Crippen LogP contribution in [0.3, 0.4) is 0 Å². The van der Waals surface area contributed by atoms with Crippen LogP contribution in [0, 0.1) is 12.8 Å². The van der Waals surface area contributed by atoms with Gasteiger partial charge in [0, 0.05) is 18.0 Å². The molecule has 3 rings (SSSR count). The molecule has 1 aromatic carbocycles. The molecule has 21 heavy (non-hydrogen) atoms. The highest BCUT2D eigenvalue weighted by Gasteiger charge is 2.53. The molecule has 1 unspecified atom stereocenters. The van der Waals surface area contributed by atoms with Gasteiger partial charge in [0.1, 0.15) is 0 Å². The Morgan fingerprint density at radius 3 is 2.57 bits per heavy atom. The Hall–Kier alpha value is -1.39. The van der Waals surface area contributed by atoms with Crippen LogP contribution in [0.15, 0.2) is 24.3 Å². The number of aryl methyl sites for hydroxylation is 1. The van der Waals surface area contributed by atoms with E-state index >= 15 is 0 Å². The lowest BCUT2D eigenvalue weighted by Gasteiger charge is -2.42. The Morgan fingerprint density at radius 1 is 1.29 bits per heavy atom. The molecule has 0 aromatic heterocycles. The average Bonchev–Trinajstić information content (AvgIpc) is 2.66. The molecule has 114 valence electrons. The second-order valence-corrected chi connectivity index (χ2v) is 6.41. The number of piperidine rings is 1. The Labute approximate surface area is 125 Å². The maximum absolute atomic E-state index is 12.3. The van der Waals surface area contributed by atoms with Gasteiger partial charge in [0.05, 0.1) is 19.1 Å². The van der Waals surface area contributed by atoms with Crippen LogP contribution < -0.4 is 0 Å². The second kappa shape index (κ2) is 5.43. The van der Waals surface area contributed by atoms with Crippen LogP contribution in [0.2, 0.25) is 0 Å². The standard InChI is InChI=1S/C17H23NO3/c1-10-4-6-11(7-5-10)13-8-12-9-14(19)16(18(12)2)15(13)17(20)21-3/h4-7,12-16,19H,8-9H2,1-3H3/t12-,13-,14+,15+,16?/m0/s1. The van der Waals surface area contributed by atoms with E-state index in [0.29, 0.717) is 6.04 Å². The number of aliphatic hydroxyl groups excluding tert-OH is 1. The first-order valence-corrected chi connectivity index (χ1v) is 7.57. The van der Waals surface area contributed by atoms with Gasteiger partial charge in [0.2, 0.25) is 0 Å². The zero-order valence-electron chi connectivity index (χ0n) is 12.8. The maximum atomic E-state index is 12.3. The fourth-order valence-corrected chi connectivity index (χ4v) is 4.13. The van der Waals surface area contributed by atoms with Crippen molar-refractivity contribution < 1.29 is 14.6 Å². The van der Waals surface area contributed by atoms with Gasteiger partial charge in [-0.25, -0.2) is 0 Å². The molecule has 0 amide bonds. The van der Waals surface area contributed by atoms with E-state index in [9.17, 15) is 9.90 Å². The third-order valence-electron chi connectivity index (χ3n) is 5.26. The number of hydrogen-bond acceptors (Lipinski definition) is 4. The topological polar surface area (TPSA) is 49.8 Å². The number of esters is 1. The van der Waals surface area contributed by atoms with Crippen molar-refractivity contribution in [3.05, 3.63) is 35.4 Å². The molecule has 5 atom stereocenters. The summed E-state index contributed by atoms with van der Waals surface area (Å²) in [5.41, 5.74) is 2.39. The van der Waals surface area contributed by atoms with Crippen LogP contribution >= 0.6 is 0 Å². The van der Waals surface area contributed by atoms with E-state index in [2.05, 4.69) is 36.1 Å². The van der Waals surface area contributed by atoms with Crippen LogP contribution in [0.5, 0.6) is 0 Å². The summed E-state index contributed by atoms with van der Waals surface area (Å²) in [6.45, 7) is 2.06. The summed E-state index contributed by atoms with van der Waals surface area (Å²) in [5, 5.41) is 10.3. The van der Waals surface area contributed by atoms with Gasteiger partial charge in [0.15, 0.2) is 0 Å². The number of likely N-dealkylation sites (N-methyl/N-ethyl adjacent to an activating group) is 1. The Kier molecular flexibility index (Phi) is 3.76. The van der Waals surface area contributed by atoms with Crippen molar-refractivity contribution >= 4 is 5.97 Å². The summed E-state index contributed by atoms with van der Waals surface area (Å²) in [6, 6.07) is 8.58. The molecule has 0 spiro atoms. The molecule has 4 nitrogen and oxygen atoms in total.